The molecule has 0 aliphatic carbocycles. The van der Waals surface area contributed by atoms with E-state index in [4.69, 9.17) is 16.3 Å². The standard InChI is InChI=1S/C12H18ClN3O/c1-9-8-17-4-3-16(9)12-11(13)5-10(6-14-2)7-15-12/h5,7,9,14H,3-4,6,8H2,1-2H3. The molecule has 1 saturated heterocycles. The number of hydrogen-bond acceptors (Lipinski definition) is 4. The SMILES string of the molecule is CNCc1cnc(N2CCOCC2C)c(Cl)c1. The highest BCUT2D eigenvalue weighted by atomic mass is 35.5. The van der Waals surface area contributed by atoms with Gasteiger partial charge in [0, 0.05) is 19.3 Å². The van der Waals surface area contributed by atoms with E-state index in [0.29, 0.717) is 11.1 Å². The number of rotatable bonds is 3. The van der Waals surface area contributed by atoms with Crippen molar-refractivity contribution in [1.82, 2.24) is 10.3 Å². The van der Waals surface area contributed by atoms with Gasteiger partial charge in [-0.3, -0.25) is 0 Å². The summed E-state index contributed by atoms with van der Waals surface area (Å²) in [7, 11) is 1.91. The number of halogens is 1. The molecule has 4 nitrogen and oxygen atoms in total. The predicted molar refractivity (Wildman–Crippen MR) is 69.6 cm³/mol. The minimum atomic E-state index is 0.323. The molecule has 0 radical (unpaired) electrons. The van der Waals surface area contributed by atoms with Crippen molar-refractivity contribution in [2.24, 2.45) is 0 Å². The zero-order valence-corrected chi connectivity index (χ0v) is 11.0. The molecule has 0 bridgehead atoms. The van der Waals surface area contributed by atoms with Crippen molar-refractivity contribution in [2.75, 3.05) is 31.7 Å². The molecule has 0 spiro atoms. The number of pyridine rings is 1. The second-order valence-corrected chi connectivity index (χ2v) is 4.70. The van der Waals surface area contributed by atoms with Crippen molar-refractivity contribution in [2.45, 2.75) is 19.5 Å². The van der Waals surface area contributed by atoms with E-state index in [1.165, 1.54) is 0 Å². The van der Waals surface area contributed by atoms with Gasteiger partial charge in [-0.05, 0) is 25.6 Å². The van der Waals surface area contributed by atoms with E-state index < -0.39 is 0 Å². The summed E-state index contributed by atoms with van der Waals surface area (Å²) in [6.45, 7) is 5.22. The van der Waals surface area contributed by atoms with E-state index in [-0.39, 0.29) is 0 Å². The van der Waals surface area contributed by atoms with Gasteiger partial charge < -0.3 is 15.0 Å². The van der Waals surface area contributed by atoms with Gasteiger partial charge in [-0.25, -0.2) is 4.98 Å². The average molecular weight is 256 g/mol. The molecule has 1 atom stereocenters. The monoisotopic (exact) mass is 255 g/mol. The molecule has 17 heavy (non-hydrogen) atoms. The van der Waals surface area contributed by atoms with Gasteiger partial charge in [0.2, 0.25) is 0 Å². The highest BCUT2D eigenvalue weighted by Gasteiger charge is 2.22. The van der Waals surface area contributed by atoms with Crippen LogP contribution in [-0.2, 0) is 11.3 Å². The molecule has 0 saturated carbocycles. The van der Waals surface area contributed by atoms with E-state index in [2.05, 4.69) is 22.1 Å². The molecule has 0 amide bonds. The van der Waals surface area contributed by atoms with E-state index in [1.807, 2.05) is 19.3 Å². The average Bonchev–Trinajstić information content (AvgIpc) is 2.31. The Hall–Kier alpha value is -0.840. The lowest BCUT2D eigenvalue weighted by Crippen LogP contribution is -2.44. The molecule has 1 aromatic heterocycles. The predicted octanol–water partition coefficient (Wildman–Crippen LogP) is 1.68. The summed E-state index contributed by atoms with van der Waals surface area (Å²) < 4.78 is 5.41. The van der Waals surface area contributed by atoms with Crippen LogP contribution in [-0.4, -0.2) is 37.8 Å². The fraction of sp³-hybridized carbons (Fsp3) is 0.583. The van der Waals surface area contributed by atoms with Crippen LogP contribution in [0.1, 0.15) is 12.5 Å². The number of anilines is 1. The van der Waals surface area contributed by atoms with Gasteiger partial charge in [0.25, 0.3) is 0 Å². The molecule has 1 N–H and O–H groups in total. The van der Waals surface area contributed by atoms with Crippen molar-refractivity contribution in [3.8, 4) is 0 Å². The molecular weight excluding hydrogens is 238 g/mol. The van der Waals surface area contributed by atoms with Gasteiger partial charge >= 0.3 is 0 Å². The molecule has 94 valence electrons. The lowest BCUT2D eigenvalue weighted by molar-refractivity contribution is 0.0985. The number of nitrogens with one attached hydrogen (secondary N) is 1. The van der Waals surface area contributed by atoms with Crippen LogP contribution in [0.3, 0.4) is 0 Å². The summed E-state index contributed by atoms with van der Waals surface area (Å²) in [5.41, 5.74) is 1.10. The first-order valence-electron chi connectivity index (χ1n) is 5.85. The Bertz CT molecular complexity index is 386. The minimum absolute atomic E-state index is 0.323. The molecule has 1 aliphatic rings. The van der Waals surface area contributed by atoms with Crippen molar-refractivity contribution >= 4 is 17.4 Å². The molecule has 2 heterocycles. The second-order valence-electron chi connectivity index (χ2n) is 4.30. The van der Waals surface area contributed by atoms with E-state index in [9.17, 15) is 0 Å². The molecule has 1 aliphatic heterocycles. The van der Waals surface area contributed by atoms with E-state index >= 15 is 0 Å². The summed E-state index contributed by atoms with van der Waals surface area (Å²) in [6.07, 6.45) is 1.87. The van der Waals surface area contributed by atoms with E-state index in [1.54, 1.807) is 0 Å². The highest BCUT2D eigenvalue weighted by Crippen LogP contribution is 2.26. The van der Waals surface area contributed by atoms with Gasteiger partial charge in [0.15, 0.2) is 0 Å². The van der Waals surface area contributed by atoms with Crippen molar-refractivity contribution in [1.29, 1.82) is 0 Å². The van der Waals surface area contributed by atoms with Gasteiger partial charge in [-0.1, -0.05) is 11.6 Å². The van der Waals surface area contributed by atoms with Crippen molar-refractivity contribution in [3.05, 3.63) is 22.8 Å². The first-order chi connectivity index (χ1) is 8.22. The van der Waals surface area contributed by atoms with E-state index in [0.717, 1.165) is 37.7 Å². The molecule has 0 aromatic carbocycles. The number of morpholine rings is 1. The third-order valence-corrected chi connectivity index (χ3v) is 3.18. The number of hydrogen-bond donors (Lipinski definition) is 1. The molecule has 1 fully saturated rings. The fourth-order valence-electron chi connectivity index (χ4n) is 2.02. The van der Waals surface area contributed by atoms with Crippen LogP contribution in [0.25, 0.3) is 0 Å². The molecule has 1 unspecified atom stereocenters. The van der Waals surface area contributed by atoms with Crippen LogP contribution in [0.4, 0.5) is 5.82 Å². The Labute approximate surface area is 107 Å². The van der Waals surface area contributed by atoms with Gasteiger partial charge in [-0.2, -0.15) is 0 Å². The van der Waals surface area contributed by atoms with Crippen LogP contribution in [0, 0.1) is 0 Å². The Balaban J connectivity index is 2.20. The normalized spacial score (nSPS) is 20.6. The minimum Gasteiger partial charge on any atom is -0.377 e. The van der Waals surface area contributed by atoms with Crippen LogP contribution in [0.15, 0.2) is 12.3 Å². The fourth-order valence-corrected chi connectivity index (χ4v) is 2.32. The summed E-state index contributed by atoms with van der Waals surface area (Å²) in [5.74, 6) is 0.863. The van der Waals surface area contributed by atoms with Gasteiger partial charge in [0.05, 0.1) is 24.3 Å². The van der Waals surface area contributed by atoms with Gasteiger partial charge in [-0.15, -0.1) is 0 Å². The zero-order chi connectivity index (χ0) is 12.3. The Kier molecular flexibility index (Phi) is 4.20. The molecular formula is C12H18ClN3O. The van der Waals surface area contributed by atoms with Crippen molar-refractivity contribution < 1.29 is 4.74 Å². The topological polar surface area (TPSA) is 37.4 Å². The largest absolute Gasteiger partial charge is 0.377 e. The lowest BCUT2D eigenvalue weighted by Gasteiger charge is -2.34. The number of ether oxygens (including phenoxy) is 1. The van der Waals surface area contributed by atoms with Crippen LogP contribution in [0.2, 0.25) is 5.02 Å². The Morgan fingerprint density at radius 2 is 2.47 bits per heavy atom. The lowest BCUT2D eigenvalue weighted by atomic mass is 10.2. The van der Waals surface area contributed by atoms with Crippen LogP contribution in [0.5, 0.6) is 0 Å². The number of aromatic nitrogens is 1. The third-order valence-electron chi connectivity index (χ3n) is 2.90. The maximum Gasteiger partial charge on any atom is 0.147 e. The summed E-state index contributed by atoms with van der Waals surface area (Å²) >= 11 is 6.29. The number of nitrogens with zero attached hydrogens (tertiary/aromatic N) is 2. The smallest absolute Gasteiger partial charge is 0.147 e. The molecule has 1 aromatic rings. The third kappa shape index (κ3) is 2.89. The summed E-state index contributed by atoms with van der Waals surface area (Å²) in [5, 5.41) is 3.80. The second kappa shape index (κ2) is 5.67. The molecule has 5 heteroatoms. The first kappa shape index (κ1) is 12.6. The maximum atomic E-state index is 6.29. The summed E-state index contributed by atoms with van der Waals surface area (Å²) in [6, 6.07) is 2.30. The quantitative estimate of drug-likeness (QED) is 0.892. The maximum absolute atomic E-state index is 6.29. The first-order valence-corrected chi connectivity index (χ1v) is 6.23. The zero-order valence-electron chi connectivity index (χ0n) is 10.2. The Morgan fingerprint density at radius 1 is 1.65 bits per heavy atom. The van der Waals surface area contributed by atoms with Crippen LogP contribution >= 0.6 is 11.6 Å². The Morgan fingerprint density at radius 3 is 3.12 bits per heavy atom. The van der Waals surface area contributed by atoms with Crippen molar-refractivity contribution in [3.63, 3.8) is 0 Å². The highest BCUT2D eigenvalue weighted by molar-refractivity contribution is 6.33. The molecule has 2 rings (SSSR count). The summed E-state index contributed by atoms with van der Waals surface area (Å²) in [4.78, 5) is 6.67. The van der Waals surface area contributed by atoms with Gasteiger partial charge in [0.1, 0.15) is 5.82 Å². The van der Waals surface area contributed by atoms with Crippen LogP contribution < -0.4 is 10.2 Å².